The van der Waals surface area contributed by atoms with Crippen LogP contribution in [0, 0.1) is 20.2 Å². The fraction of sp³-hybridized carbons (Fsp3) is 0.500. The van der Waals surface area contributed by atoms with Gasteiger partial charge in [0.1, 0.15) is 5.69 Å². The van der Waals surface area contributed by atoms with Gasteiger partial charge in [0.05, 0.1) is 22.0 Å². The Morgan fingerprint density at radius 2 is 1.83 bits per heavy atom. The van der Waals surface area contributed by atoms with Gasteiger partial charge in [-0.15, -0.1) is 0 Å². The van der Waals surface area contributed by atoms with E-state index in [1.165, 1.54) is 6.07 Å². The minimum atomic E-state index is -0.846. The Bertz CT molecular complexity index is 629. The molecule has 1 amide bonds. The Morgan fingerprint density at radius 3 is 2.26 bits per heavy atom. The lowest BCUT2D eigenvalue weighted by molar-refractivity contribution is -0.393. The molecular weight excluding hydrogens is 306 g/mol. The molecular formula is C14H19N3O6. The van der Waals surface area contributed by atoms with Gasteiger partial charge in [-0.2, -0.15) is 0 Å². The standard InChI is InChI=1S/C14H19N3O6/c1-5-9(4)11-6-10(16(19)20)7-12(17(21)22)13(11)15-14(18)23-8(2)3/h6-9H,5H2,1-4H3,(H,15,18). The molecule has 0 spiro atoms. The second-order valence-electron chi connectivity index (χ2n) is 5.33. The lowest BCUT2D eigenvalue weighted by Gasteiger charge is -2.16. The number of nitrogens with one attached hydrogen (secondary N) is 1. The third-order valence-electron chi connectivity index (χ3n) is 3.25. The quantitative estimate of drug-likeness (QED) is 0.623. The number of hydrogen-bond acceptors (Lipinski definition) is 6. The average Bonchev–Trinajstić information content (AvgIpc) is 2.44. The van der Waals surface area contributed by atoms with Crippen molar-refractivity contribution in [2.24, 2.45) is 0 Å². The van der Waals surface area contributed by atoms with Gasteiger partial charge in [0.2, 0.25) is 0 Å². The van der Waals surface area contributed by atoms with E-state index < -0.39 is 33.4 Å². The molecule has 1 N–H and O–H groups in total. The van der Waals surface area contributed by atoms with E-state index in [0.717, 1.165) is 6.07 Å². The van der Waals surface area contributed by atoms with E-state index in [1.54, 1.807) is 20.8 Å². The molecule has 9 nitrogen and oxygen atoms in total. The lowest BCUT2D eigenvalue weighted by Crippen LogP contribution is -2.20. The number of hydrogen-bond donors (Lipinski definition) is 1. The molecule has 1 aromatic carbocycles. The Morgan fingerprint density at radius 1 is 1.22 bits per heavy atom. The highest BCUT2D eigenvalue weighted by atomic mass is 16.6. The highest BCUT2D eigenvalue weighted by Crippen LogP contribution is 2.38. The van der Waals surface area contributed by atoms with Crippen LogP contribution in [0.15, 0.2) is 12.1 Å². The first-order valence-corrected chi connectivity index (χ1v) is 7.11. The van der Waals surface area contributed by atoms with Crippen LogP contribution in [0.25, 0.3) is 0 Å². The van der Waals surface area contributed by atoms with Gasteiger partial charge < -0.3 is 4.74 Å². The molecule has 0 heterocycles. The number of benzene rings is 1. The van der Waals surface area contributed by atoms with Crippen molar-refractivity contribution in [2.45, 2.75) is 46.1 Å². The van der Waals surface area contributed by atoms with Crippen molar-refractivity contribution in [2.75, 3.05) is 5.32 Å². The SMILES string of the molecule is CCC(C)c1cc([N+](=O)[O-])cc([N+](=O)[O-])c1NC(=O)OC(C)C. The summed E-state index contributed by atoms with van der Waals surface area (Å²) in [7, 11) is 0. The number of carbonyl (C=O) groups is 1. The summed E-state index contributed by atoms with van der Waals surface area (Å²) in [6.45, 7) is 6.88. The van der Waals surface area contributed by atoms with E-state index in [2.05, 4.69) is 5.32 Å². The second-order valence-corrected chi connectivity index (χ2v) is 5.33. The number of amides is 1. The van der Waals surface area contributed by atoms with Crippen LogP contribution in [-0.2, 0) is 4.74 Å². The fourth-order valence-electron chi connectivity index (χ4n) is 1.97. The van der Waals surface area contributed by atoms with Crippen molar-refractivity contribution in [1.29, 1.82) is 0 Å². The van der Waals surface area contributed by atoms with Crippen LogP contribution < -0.4 is 5.32 Å². The van der Waals surface area contributed by atoms with Gasteiger partial charge in [0, 0.05) is 6.07 Å². The van der Waals surface area contributed by atoms with E-state index in [-0.39, 0.29) is 11.6 Å². The van der Waals surface area contributed by atoms with Crippen LogP contribution in [0.2, 0.25) is 0 Å². The van der Waals surface area contributed by atoms with E-state index in [1.807, 2.05) is 6.92 Å². The zero-order chi connectivity index (χ0) is 17.7. The number of ether oxygens (including phenoxy) is 1. The lowest BCUT2D eigenvalue weighted by atomic mass is 9.95. The van der Waals surface area contributed by atoms with Crippen molar-refractivity contribution >= 4 is 23.2 Å². The minimum absolute atomic E-state index is 0.0689. The van der Waals surface area contributed by atoms with Crippen LogP contribution in [0.5, 0.6) is 0 Å². The van der Waals surface area contributed by atoms with Crippen LogP contribution in [0.1, 0.15) is 45.6 Å². The first-order valence-electron chi connectivity index (χ1n) is 7.11. The number of carbonyl (C=O) groups excluding carboxylic acids is 1. The molecule has 1 atom stereocenters. The molecule has 0 aliphatic carbocycles. The Labute approximate surface area is 132 Å². The van der Waals surface area contributed by atoms with Gasteiger partial charge >= 0.3 is 6.09 Å². The fourth-order valence-corrected chi connectivity index (χ4v) is 1.97. The summed E-state index contributed by atoms with van der Waals surface area (Å²) in [6, 6.07) is 2.07. The molecule has 126 valence electrons. The Hall–Kier alpha value is -2.71. The van der Waals surface area contributed by atoms with E-state index in [4.69, 9.17) is 4.74 Å². The van der Waals surface area contributed by atoms with Gasteiger partial charge in [-0.25, -0.2) is 4.79 Å². The van der Waals surface area contributed by atoms with Crippen LogP contribution in [0.4, 0.5) is 21.9 Å². The number of nitro groups is 2. The normalized spacial score (nSPS) is 11.9. The highest BCUT2D eigenvalue weighted by Gasteiger charge is 2.27. The molecule has 9 heteroatoms. The summed E-state index contributed by atoms with van der Waals surface area (Å²) in [6.07, 6.45) is -0.660. The molecule has 0 saturated heterocycles. The van der Waals surface area contributed by atoms with Gasteiger partial charge in [-0.3, -0.25) is 25.5 Å². The molecule has 1 rings (SSSR count). The largest absolute Gasteiger partial charge is 0.447 e. The summed E-state index contributed by atoms with van der Waals surface area (Å²) in [4.78, 5) is 32.6. The Balaban J connectivity index is 3.46. The minimum Gasteiger partial charge on any atom is -0.447 e. The van der Waals surface area contributed by atoms with Crippen molar-refractivity contribution in [1.82, 2.24) is 0 Å². The summed E-state index contributed by atoms with van der Waals surface area (Å²) in [5.74, 6) is -0.219. The van der Waals surface area contributed by atoms with Crippen molar-refractivity contribution < 1.29 is 19.4 Å². The molecule has 0 saturated carbocycles. The zero-order valence-electron chi connectivity index (χ0n) is 13.4. The number of anilines is 1. The summed E-state index contributed by atoms with van der Waals surface area (Å²) >= 11 is 0. The Kier molecular flexibility index (Phi) is 6.00. The molecule has 1 aromatic rings. The topological polar surface area (TPSA) is 125 Å². The van der Waals surface area contributed by atoms with Gasteiger partial charge in [-0.1, -0.05) is 13.8 Å². The predicted octanol–water partition coefficient (Wildman–Crippen LogP) is 3.97. The zero-order valence-corrected chi connectivity index (χ0v) is 13.4. The maximum Gasteiger partial charge on any atom is 0.412 e. The number of nitrogens with zero attached hydrogens (tertiary/aromatic N) is 2. The van der Waals surface area contributed by atoms with Crippen molar-refractivity contribution in [3.05, 3.63) is 37.9 Å². The molecule has 0 fully saturated rings. The third kappa shape index (κ3) is 4.63. The molecule has 0 bridgehead atoms. The molecule has 23 heavy (non-hydrogen) atoms. The molecule has 0 radical (unpaired) electrons. The van der Waals surface area contributed by atoms with Gasteiger partial charge in [-0.05, 0) is 31.7 Å². The van der Waals surface area contributed by atoms with Crippen molar-refractivity contribution in [3.63, 3.8) is 0 Å². The maximum atomic E-state index is 11.8. The highest BCUT2D eigenvalue weighted by molar-refractivity contribution is 5.90. The number of rotatable bonds is 6. The van der Waals surface area contributed by atoms with E-state index in [0.29, 0.717) is 12.0 Å². The second kappa shape index (κ2) is 7.52. The predicted molar refractivity (Wildman–Crippen MR) is 83.7 cm³/mol. The van der Waals surface area contributed by atoms with Gasteiger partial charge in [0.15, 0.2) is 0 Å². The van der Waals surface area contributed by atoms with E-state index >= 15 is 0 Å². The summed E-state index contributed by atoms with van der Waals surface area (Å²) in [5, 5.41) is 24.6. The monoisotopic (exact) mass is 325 g/mol. The number of nitro benzene ring substituents is 2. The summed E-state index contributed by atoms with van der Waals surface area (Å²) in [5.41, 5.74) is -0.667. The molecule has 0 aliphatic heterocycles. The van der Waals surface area contributed by atoms with Gasteiger partial charge in [0.25, 0.3) is 11.4 Å². The van der Waals surface area contributed by atoms with Crippen molar-refractivity contribution in [3.8, 4) is 0 Å². The van der Waals surface area contributed by atoms with E-state index in [9.17, 15) is 25.0 Å². The first-order chi connectivity index (χ1) is 10.7. The maximum absolute atomic E-state index is 11.8. The molecule has 0 aromatic heterocycles. The smallest absolute Gasteiger partial charge is 0.412 e. The van der Waals surface area contributed by atoms with Crippen LogP contribution >= 0.6 is 0 Å². The number of non-ortho nitro benzene ring substituents is 1. The van der Waals surface area contributed by atoms with Crippen LogP contribution in [-0.4, -0.2) is 22.0 Å². The summed E-state index contributed by atoms with van der Waals surface area (Å²) < 4.78 is 4.93. The first kappa shape index (κ1) is 18.3. The van der Waals surface area contributed by atoms with Crippen LogP contribution in [0.3, 0.4) is 0 Å². The third-order valence-corrected chi connectivity index (χ3v) is 3.25. The molecule has 1 unspecified atom stereocenters. The molecule has 0 aliphatic rings. The average molecular weight is 325 g/mol.